The van der Waals surface area contributed by atoms with E-state index in [-0.39, 0.29) is 17.1 Å². The number of carbonyl (C=O) groups is 1. The molecule has 6 heteroatoms. The molecule has 0 saturated carbocycles. The van der Waals surface area contributed by atoms with Crippen LogP contribution >= 0.6 is 11.6 Å². The van der Waals surface area contributed by atoms with Crippen molar-refractivity contribution in [1.29, 1.82) is 0 Å². The third-order valence-corrected chi connectivity index (χ3v) is 2.74. The van der Waals surface area contributed by atoms with Gasteiger partial charge in [-0.1, -0.05) is 23.7 Å². The third-order valence-electron chi connectivity index (χ3n) is 2.50. The third kappa shape index (κ3) is 3.27. The second-order valence-corrected chi connectivity index (χ2v) is 4.36. The van der Waals surface area contributed by atoms with Crippen molar-refractivity contribution in [2.45, 2.75) is 0 Å². The summed E-state index contributed by atoms with van der Waals surface area (Å²) in [4.78, 5) is 11.7. The van der Waals surface area contributed by atoms with E-state index >= 15 is 0 Å². The molecule has 0 atom stereocenters. The maximum atomic E-state index is 11.7. The highest BCUT2D eigenvalue weighted by Gasteiger charge is 2.05. The smallest absolute Gasteiger partial charge is 0.271 e. The van der Waals surface area contributed by atoms with Crippen LogP contribution in [0.1, 0.15) is 15.9 Å². The van der Waals surface area contributed by atoms with Crippen LogP contribution in [0, 0.1) is 0 Å². The Hall–Kier alpha value is -2.53. The predicted octanol–water partition coefficient (Wildman–Crippen LogP) is 2.52. The Labute approximate surface area is 120 Å². The quantitative estimate of drug-likeness (QED) is 0.461. The molecule has 1 amide bonds. The fourth-order valence-electron chi connectivity index (χ4n) is 1.51. The van der Waals surface area contributed by atoms with Crippen LogP contribution in [0.15, 0.2) is 47.6 Å². The zero-order chi connectivity index (χ0) is 14.5. The Morgan fingerprint density at radius 2 is 1.95 bits per heavy atom. The van der Waals surface area contributed by atoms with Gasteiger partial charge in [0.25, 0.3) is 5.91 Å². The van der Waals surface area contributed by atoms with Gasteiger partial charge in [0.15, 0.2) is 11.5 Å². The summed E-state index contributed by atoms with van der Waals surface area (Å²) >= 11 is 5.78. The van der Waals surface area contributed by atoms with Crippen LogP contribution in [0.4, 0.5) is 0 Å². The SMILES string of the molecule is O=C(N/N=C\c1cccc(O)c1O)c1cccc(Cl)c1. The fourth-order valence-corrected chi connectivity index (χ4v) is 1.70. The summed E-state index contributed by atoms with van der Waals surface area (Å²) in [5.74, 6) is -0.980. The molecular weight excluding hydrogens is 280 g/mol. The van der Waals surface area contributed by atoms with Gasteiger partial charge in [-0.05, 0) is 30.3 Å². The van der Waals surface area contributed by atoms with Gasteiger partial charge >= 0.3 is 0 Å². The molecule has 0 radical (unpaired) electrons. The molecule has 20 heavy (non-hydrogen) atoms. The van der Waals surface area contributed by atoms with Gasteiger partial charge < -0.3 is 10.2 Å². The molecule has 0 aromatic heterocycles. The highest BCUT2D eigenvalue weighted by atomic mass is 35.5. The molecule has 2 rings (SSSR count). The first-order valence-electron chi connectivity index (χ1n) is 5.68. The molecule has 0 aliphatic rings. The monoisotopic (exact) mass is 290 g/mol. The van der Waals surface area contributed by atoms with Crippen LogP contribution in [0.25, 0.3) is 0 Å². The number of nitrogens with zero attached hydrogens (tertiary/aromatic N) is 1. The number of phenolic OH excluding ortho intramolecular Hbond substituents is 2. The number of nitrogens with one attached hydrogen (secondary N) is 1. The van der Waals surface area contributed by atoms with E-state index in [4.69, 9.17) is 11.6 Å². The summed E-state index contributed by atoms with van der Waals surface area (Å²) in [6.07, 6.45) is 1.23. The number of carbonyl (C=O) groups excluding carboxylic acids is 1. The molecular formula is C14H11ClN2O3. The Balaban J connectivity index is 2.07. The Morgan fingerprint density at radius 3 is 2.70 bits per heavy atom. The number of hydrogen-bond donors (Lipinski definition) is 3. The molecule has 5 nitrogen and oxygen atoms in total. The predicted molar refractivity (Wildman–Crippen MR) is 76.3 cm³/mol. The van der Waals surface area contributed by atoms with Crippen molar-refractivity contribution in [1.82, 2.24) is 5.43 Å². The van der Waals surface area contributed by atoms with Crippen molar-refractivity contribution < 1.29 is 15.0 Å². The minimum Gasteiger partial charge on any atom is -0.504 e. The Morgan fingerprint density at radius 1 is 1.20 bits per heavy atom. The molecule has 102 valence electrons. The first kappa shape index (κ1) is 13.9. The largest absolute Gasteiger partial charge is 0.504 e. The second kappa shape index (κ2) is 6.08. The molecule has 0 spiro atoms. The van der Waals surface area contributed by atoms with Crippen LogP contribution in [0.5, 0.6) is 11.5 Å². The van der Waals surface area contributed by atoms with Crippen molar-refractivity contribution in [3.05, 3.63) is 58.6 Å². The lowest BCUT2D eigenvalue weighted by Crippen LogP contribution is -2.17. The Kier molecular flexibility index (Phi) is 4.22. The van der Waals surface area contributed by atoms with Crippen molar-refractivity contribution in [3.63, 3.8) is 0 Å². The van der Waals surface area contributed by atoms with E-state index < -0.39 is 5.91 Å². The number of hydrogen-bond acceptors (Lipinski definition) is 4. The van der Waals surface area contributed by atoms with Gasteiger partial charge in [0.2, 0.25) is 0 Å². The van der Waals surface area contributed by atoms with Crippen LogP contribution < -0.4 is 5.43 Å². The topological polar surface area (TPSA) is 81.9 Å². The lowest BCUT2D eigenvalue weighted by molar-refractivity contribution is 0.0955. The lowest BCUT2D eigenvalue weighted by Gasteiger charge is -2.02. The van der Waals surface area contributed by atoms with E-state index in [1.165, 1.54) is 18.3 Å². The van der Waals surface area contributed by atoms with Crippen molar-refractivity contribution >= 4 is 23.7 Å². The van der Waals surface area contributed by atoms with E-state index in [9.17, 15) is 15.0 Å². The zero-order valence-corrected chi connectivity index (χ0v) is 11.0. The fraction of sp³-hybridized carbons (Fsp3) is 0. The molecule has 2 aromatic rings. The van der Waals surface area contributed by atoms with Gasteiger partial charge in [0.1, 0.15) is 0 Å². The number of aromatic hydroxyl groups is 2. The molecule has 0 unspecified atom stereocenters. The number of rotatable bonds is 3. The highest BCUT2D eigenvalue weighted by molar-refractivity contribution is 6.30. The van der Waals surface area contributed by atoms with Gasteiger partial charge in [-0.15, -0.1) is 0 Å². The summed E-state index contributed by atoms with van der Waals surface area (Å²) in [5.41, 5.74) is 2.96. The standard InChI is InChI=1S/C14H11ClN2O3/c15-11-5-1-3-9(7-11)14(20)17-16-8-10-4-2-6-12(18)13(10)19/h1-8,18-19H,(H,17,20)/b16-8-. The molecule has 2 aromatic carbocycles. The molecule has 0 bridgehead atoms. The van der Waals surface area contributed by atoms with Gasteiger partial charge in [0, 0.05) is 16.1 Å². The average Bonchev–Trinajstić information content (AvgIpc) is 2.43. The Bertz CT molecular complexity index is 671. The van der Waals surface area contributed by atoms with Gasteiger partial charge in [0.05, 0.1) is 6.21 Å². The van der Waals surface area contributed by atoms with Gasteiger partial charge in [-0.25, -0.2) is 5.43 Å². The van der Waals surface area contributed by atoms with E-state index in [2.05, 4.69) is 10.5 Å². The number of benzene rings is 2. The first-order valence-corrected chi connectivity index (χ1v) is 6.05. The minimum atomic E-state index is -0.427. The molecule has 0 aliphatic heterocycles. The van der Waals surface area contributed by atoms with E-state index in [1.54, 1.807) is 30.3 Å². The van der Waals surface area contributed by atoms with Crippen LogP contribution in [0.2, 0.25) is 5.02 Å². The van der Waals surface area contributed by atoms with E-state index in [1.807, 2.05) is 0 Å². The lowest BCUT2D eigenvalue weighted by atomic mass is 10.2. The second-order valence-electron chi connectivity index (χ2n) is 3.92. The molecule has 0 saturated heterocycles. The van der Waals surface area contributed by atoms with Gasteiger partial charge in [-0.3, -0.25) is 4.79 Å². The maximum Gasteiger partial charge on any atom is 0.271 e. The minimum absolute atomic E-state index is 0.255. The van der Waals surface area contributed by atoms with E-state index in [0.717, 1.165) is 0 Å². The van der Waals surface area contributed by atoms with Crippen molar-refractivity contribution in [2.24, 2.45) is 5.10 Å². The summed E-state index contributed by atoms with van der Waals surface area (Å²) in [6.45, 7) is 0. The normalized spacial score (nSPS) is 10.7. The van der Waals surface area contributed by atoms with Crippen LogP contribution in [0.3, 0.4) is 0 Å². The molecule has 0 aliphatic carbocycles. The number of amides is 1. The zero-order valence-electron chi connectivity index (χ0n) is 10.2. The summed E-state index contributed by atoms with van der Waals surface area (Å²) in [5, 5.41) is 23.0. The summed E-state index contributed by atoms with van der Waals surface area (Å²) < 4.78 is 0. The average molecular weight is 291 g/mol. The molecule has 0 fully saturated rings. The van der Waals surface area contributed by atoms with E-state index in [0.29, 0.717) is 10.6 Å². The molecule has 3 N–H and O–H groups in total. The molecule has 0 heterocycles. The van der Waals surface area contributed by atoms with Crippen LogP contribution in [-0.4, -0.2) is 22.3 Å². The highest BCUT2D eigenvalue weighted by Crippen LogP contribution is 2.26. The summed E-state index contributed by atoms with van der Waals surface area (Å²) in [6, 6.07) is 10.9. The van der Waals surface area contributed by atoms with Crippen LogP contribution in [-0.2, 0) is 0 Å². The van der Waals surface area contributed by atoms with Crippen molar-refractivity contribution in [2.75, 3.05) is 0 Å². The number of para-hydroxylation sites is 1. The first-order chi connectivity index (χ1) is 9.58. The number of phenols is 2. The summed E-state index contributed by atoms with van der Waals surface area (Å²) in [7, 11) is 0. The van der Waals surface area contributed by atoms with Gasteiger partial charge in [-0.2, -0.15) is 5.10 Å². The van der Waals surface area contributed by atoms with Crippen molar-refractivity contribution in [3.8, 4) is 11.5 Å². The number of hydrazone groups is 1. The number of halogens is 1. The maximum absolute atomic E-state index is 11.7.